The van der Waals surface area contributed by atoms with E-state index in [2.05, 4.69) is 10.6 Å². The van der Waals surface area contributed by atoms with Crippen LogP contribution < -0.4 is 16.4 Å². The molecular formula is C14H22FN3O2. The van der Waals surface area contributed by atoms with Crippen LogP contribution in [0.2, 0.25) is 0 Å². The van der Waals surface area contributed by atoms with Gasteiger partial charge in [-0.15, -0.1) is 0 Å². The Balaban J connectivity index is 2.76. The Morgan fingerprint density at radius 2 is 2.25 bits per heavy atom. The lowest BCUT2D eigenvalue weighted by Gasteiger charge is -2.19. The maximum atomic E-state index is 13.5. The molecule has 0 aliphatic carbocycles. The molecule has 0 fully saturated rings. The molecule has 1 aromatic rings. The number of hydrogen-bond acceptors (Lipinski definition) is 4. The average Bonchev–Trinajstić information content (AvgIpc) is 2.39. The summed E-state index contributed by atoms with van der Waals surface area (Å²) in [7, 11) is 1.63. The van der Waals surface area contributed by atoms with Gasteiger partial charge in [-0.2, -0.15) is 0 Å². The van der Waals surface area contributed by atoms with Crippen molar-refractivity contribution in [3.63, 3.8) is 0 Å². The summed E-state index contributed by atoms with van der Waals surface area (Å²) in [6.45, 7) is 2.49. The van der Waals surface area contributed by atoms with Crippen LogP contribution in [0.5, 0.6) is 0 Å². The fourth-order valence-electron chi connectivity index (χ4n) is 1.90. The second kappa shape index (κ2) is 8.50. The maximum absolute atomic E-state index is 13.5. The van der Waals surface area contributed by atoms with Crippen molar-refractivity contribution in [2.75, 3.05) is 30.9 Å². The summed E-state index contributed by atoms with van der Waals surface area (Å²) in [6.07, 6.45) is 1.73. The molecule has 6 heteroatoms. The summed E-state index contributed by atoms with van der Waals surface area (Å²) in [6, 6.07) is 4.62. The number of carbonyl (C=O) groups excluding carboxylic acids is 1. The van der Waals surface area contributed by atoms with E-state index in [1.165, 1.54) is 13.0 Å². The number of carbonyl (C=O) groups is 1. The summed E-state index contributed by atoms with van der Waals surface area (Å²) < 4.78 is 18.7. The van der Waals surface area contributed by atoms with Crippen molar-refractivity contribution in [3.8, 4) is 0 Å². The third-order valence-electron chi connectivity index (χ3n) is 2.77. The Morgan fingerprint density at radius 3 is 2.85 bits per heavy atom. The Kier molecular flexibility index (Phi) is 6.97. The molecule has 20 heavy (non-hydrogen) atoms. The number of ether oxygens (including phenoxy) is 1. The largest absolute Gasteiger partial charge is 0.383 e. The fourth-order valence-corrected chi connectivity index (χ4v) is 1.90. The SMILES string of the molecule is COCC(CCCN)Nc1ccc(F)c(NC(C)=O)c1. The first-order chi connectivity index (χ1) is 9.56. The minimum atomic E-state index is -0.462. The van der Waals surface area contributed by atoms with Crippen LogP contribution in [0.3, 0.4) is 0 Å². The Morgan fingerprint density at radius 1 is 1.50 bits per heavy atom. The van der Waals surface area contributed by atoms with Crippen LogP contribution in [-0.4, -0.2) is 32.2 Å². The highest BCUT2D eigenvalue weighted by Gasteiger charge is 2.10. The van der Waals surface area contributed by atoms with Crippen LogP contribution in [-0.2, 0) is 9.53 Å². The minimum Gasteiger partial charge on any atom is -0.383 e. The molecule has 0 heterocycles. The zero-order chi connectivity index (χ0) is 15.0. The molecule has 1 aromatic carbocycles. The first-order valence-corrected chi connectivity index (χ1v) is 6.59. The van der Waals surface area contributed by atoms with Crippen molar-refractivity contribution < 1.29 is 13.9 Å². The number of hydrogen-bond donors (Lipinski definition) is 3. The van der Waals surface area contributed by atoms with E-state index in [-0.39, 0.29) is 17.6 Å². The van der Waals surface area contributed by atoms with Crippen LogP contribution in [0.1, 0.15) is 19.8 Å². The van der Waals surface area contributed by atoms with E-state index in [9.17, 15) is 9.18 Å². The molecule has 0 saturated carbocycles. The Labute approximate surface area is 118 Å². The predicted molar refractivity (Wildman–Crippen MR) is 78.3 cm³/mol. The van der Waals surface area contributed by atoms with Gasteiger partial charge in [-0.1, -0.05) is 0 Å². The fraction of sp³-hybridized carbons (Fsp3) is 0.500. The first kappa shape index (κ1) is 16.4. The number of anilines is 2. The highest BCUT2D eigenvalue weighted by atomic mass is 19.1. The van der Waals surface area contributed by atoms with Gasteiger partial charge in [0.15, 0.2) is 0 Å². The second-order valence-corrected chi connectivity index (χ2v) is 4.60. The van der Waals surface area contributed by atoms with E-state index >= 15 is 0 Å². The lowest BCUT2D eigenvalue weighted by molar-refractivity contribution is -0.114. The summed E-state index contributed by atoms with van der Waals surface area (Å²) in [4.78, 5) is 11.0. The summed E-state index contributed by atoms with van der Waals surface area (Å²) in [5.41, 5.74) is 6.39. The number of nitrogens with one attached hydrogen (secondary N) is 2. The van der Waals surface area contributed by atoms with Gasteiger partial charge >= 0.3 is 0 Å². The van der Waals surface area contributed by atoms with Crippen LogP contribution in [0.25, 0.3) is 0 Å². The molecule has 1 unspecified atom stereocenters. The third-order valence-corrected chi connectivity index (χ3v) is 2.77. The Hall–Kier alpha value is -1.66. The zero-order valence-corrected chi connectivity index (χ0v) is 11.9. The minimum absolute atomic E-state index is 0.0965. The van der Waals surface area contributed by atoms with Gasteiger partial charge in [0.1, 0.15) is 5.82 Å². The van der Waals surface area contributed by atoms with E-state index in [1.54, 1.807) is 19.2 Å². The number of benzene rings is 1. The zero-order valence-electron chi connectivity index (χ0n) is 11.9. The molecule has 1 amide bonds. The number of nitrogens with two attached hydrogens (primary N) is 1. The Bertz CT molecular complexity index is 440. The van der Waals surface area contributed by atoms with E-state index < -0.39 is 5.82 Å². The molecule has 4 N–H and O–H groups in total. The van der Waals surface area contributed by atoms with Crippen LogP contribution in [0, 0.1) is 5.82 Å². The van der Waals surface area contributed by atoms with Crippen LogP contribution >= 0.6 is 0 Å². The van der Waals surface area contributed by atoms with Crippen molar-refractivity contribution in [1.29, 1.82) is 0 Å². The molecule has 0 aliphatic heterocycles. The smallest absolute Gasteiger partial charge is 0.221 e. The molecule has 0 spiro atoms. The van der Waals surface area contributed by atoms with E-state index in [0.29, 0.717) is 13.2 Å². The molecule has 0 bridgehead atoms. The highest BCUT2D eigenvalue weighted by Crippen LogP contribution is 2.21. The van der Waals surface area contributed by atoms with Crippen molar-refractivity contribution >= 4 is 17.3 Å². The molecule has 112 valence electrons. The van der Waals surface area contributed by atoms with Gasteiger partial charge in [-0.3, -0.25) is 4.79 Å². The normalized spacial score (nSPS) is 12.0. The van der Waals surface area contributed by atoms with Gasteiger partial charge in [0.2, 0.25) is 5.91 Å². The summed E-state index contributed by atoms with van der Waals surface area (Å²) in [5, 5.41) is 5.71. The third kappa shape index (κ3) is 5.54. The lowest BCUT2D eigenvalue weighted by Crippen LogP contribution is -2.26. The molecule has 0 aromatic heterocycles. The van der Waals surface area contributed by atoms with Crippen molar-refractivity contribution in [2.45, 2.75) is 25.8 Å². The number of amides is 1. The molecule has 5 nitrogen and oxygen atoms in total. The second-order valence-electron chi connectivity index (χ2n) is 4.60. The van der Waals surface area contributed by atoms with Crippen molar-refractivity contribution in [3.05, 3.63) is 24.0 Å². The van der Waals surface area contributed by atoms with Gasteiger partial charge in [0.25, 0.3) is 0 Å². The van der Waals surface area contributed by atoms with Crippen LogP contribution in [0.15, 0.2) is 18.2 Å². The van der Waals surface area contributed by atoms with Crippen molar-refractivity contribution in [1.82, 2.24) is 0 Å². The van der Waals surface area contributed by atoms with Gasteiger partial charge in [-0.05, 0) is 37.6 Å². The summed E-state index contributed by atoms with van der Waals surface area (Å²) >= 11 is 0. The van der Waals surface area contributed by atoms with Crippen molar-refractivity contribution in [2.24, 2.45) is 5.73 Å². The highest BCUT2D eigenvalue weighted by molar-refractivity contribution is 5.89. The lowest BCUT2D eigenvalue weighted by atomic mass is 10.1. The standard InChI is InChI=1S/C14H22FN3O2/c1-10(19)17-14-8-11(5-6-13(14)15)18-12(9-20-2)4-3-7-16/h5-6,8,12,18H,3-4,7,9,16H2,1-2H3,(H,17,19). The predicted octanol–water partition coefficient (Wildman–Crippen LogP) is 1.95. The maximum Gasteiger partial charge on any atom is 0.221 e. The molecule has 0 saturated heterocycles. The molecular weight excluding hydrogens is 261 g/mol. The number of methoxy groups -OCH3 is 1. The first-order valence-electron chi connectivity index (χ1n) is 6.59. The van der Waals surface area contributed by atoms with E-state index in [1.807, 2.05) is 0 Å². The average molecular weight is 283 g/mol. The van der Waals surface area contributed by atoms with Crippen LogP contribution in [0.4, 0.5) is 15.8 Å². The molecule has 1 rings (SSSR count). The van der Waals surface area contributed by atoms with Gasteiger partial charge in [-0.25, -0.2) is 4.39 Å². The molecule has 0 radical (unpaired) electrons. The quantitative estimate of drug-likeness (QED) is 0.681. The monoisotopic (exact) mass is 283 g/mol. The molecule has 0 aliphatic rings. The van der Waals surface area contributed by atoms with Gasteiger partial charge in [0, 0.05) is 25.8 Å². The van der Waals surface area contributed by atoms with E-state index in [0.717, 1.165) is 18.5 Å². The summed E-state index contributed by atoms with van der Waals surface area (Å²) in [5.74, 6) is -0.770. The number of halogens is 1. The van der Waals surface area contributed by atoms with E-state index in [4.69, 9.17) is 10.5 Å². The van der Waals surface area contributed by atoms with Gasteiger partial charge < -0.3 is 21.1 Å². The molecule has 1 atom stereocenters. The topological polar surface area (TPSA) is 76.4 Å². The van der Waals surface area contributed by atoms with Gasteiger partial charge in [0.05, 0.1) is 12.3 Å². The number of rotatable bonds is 8.